The largest absolute Gasteiger partial charge is 0.433 e. The van der Waals surface area contributed by atoms with Crippen molar-refractivity contribution in [3.05, 3.63) is 65.9 Å². The number of alkyl halides is 6. The third-order valence-electron chi connectivity index (χ3n) is 3.49. The summed E-state index contributed by atoms with van der Waals surface area (Å²) < 4.78 is 78.8. The summed E-state index contributed by atoms with van der Waals surface area (Å²) in [5, 5.41) is 2.68. The number of fused-ring (bicyclic) bond motifs is 1. The number of aromatic nitrogens is 1. The van der Waals surface area contributed by atoms with Gasteiger partial charge in [0.25, 0.3) is 0 Å². The molecule has 2 nitrogen and oxygen atoms in total. The molecule has 0 bridgehead atoms. The minimum absolute atomic E-state index is 0.0494. The van der Waals surface area contributed by atoms with Crippen molar-refractivity contribution in [2.75, 3.05) is 5.32 Å². The molecule has 1 aromatic heterocycles. The molecule has 0 spiro atoms. The molecule has 25 heavy (non-hydrogen) atoms. The highest BCUT2D eigenvalue weighted by molar-refractivity contribution is 5.95. The summed E-state index contributed by atoms with van der Waals surface area (Å²) in [5.41, 5.74) is -3.01. The van der Waals surface area contributed by atoms with Crippen molar-refractivity contribution in [1.82, 2.24) is 4.98 Å². The third-order valence-corrected chi connectivity index (χ3v) is 3.49. The maximum absolute atomic E-state index is 13.2. The summed E-state index contributed by atoms with van der Waals surface area (Å²) in [5.74, 6) is 0. The fraction of sp³-hybridized carbons (Fsp3) is 0.118. The fourth-order valence-corrected chi connectivity index (χ4v) is 2.40. The zero-order valence-corrected chi connectivity index (χ0v) is 12.4. The molecule has 0 fully saturated rings. The first kappa shape index (κ1) is 17.1. The Morgan fingerprint density at radius 2 is 1.44 bits per heavy atom. The van der Waals surface area contributed by atoms with Crippen LogP contribution in [0.5, 0.6) is 0 Å². The van der Waals surface area contributed by atoms with Crippen molar-refractivity contribution >= 4 is 22.3 Å². The van der Waals surface area contributed by atoms with E-state index in [1.54, 1.807) is 30.3 Å². The van der Waals surface area contributed by atoms with Gasteiger partial charge in [-0.05, 0) is 24.3 Å². The molecule has 2 aromatic carbocycles. The number of rotatable bonds is 2. The molecule has 130 valence electrons. The third kappa shape index (κ3) is 3.52. The van der Waals surface area contributed by atoms with Crippen LogP contribution in [0.2, 0.25) is 0 Å². The molecule has 3 aromatic rings. The second-order valence-corrected chi connectivity index (χ2v) is 5.24. The smallest absolute Gasteiger partial charge is 0.355 e. The average Bonchev–Trinajstić information content (AvgIpc) is 2.53. The predicted molar refractivity (Wildman–Crippen MR) is 81.5 cm³/mol. The van der Waals surface area contributed by atoms with Gasteiger partial charge in [-0.25, -0.2) is 4.98 Å². The predicted octanol–water partition coefficient (Wildman–Crippen LogP) is 6.02. The van der Waals surface area contributed by atoms with Crippen LogP contribution in [0.4, 0.5) is 37.7 Å². The molecule has 1 heterocycles. The van der Waals surface area contributed by atoms with Crippen molar-refractivity contribution in [3.8, 4) is 0 Å². The Bertz CT molecular complexity index is 901. The van der Waals surface area contributed by atoms with Crippen LogP contribution in [0.25, 0.3) is 10.9 Å². The maximum atomic E-state index is 13.2. The van der Waals surface area contributed by atoms with Gasteiger partial charge >= 0.3 is 12.4 Å². The Morgan fingerprint density at radius 1 is 0.760 bits per heavy atom. The molecule has 0 radical (unpaired) electrons. The average molecular weight is 356 g/mol. The molecule has 0 amide bonds. The monoisotopic (exact) mass is 356 g/mol. The van der Waals surface area contributed by atoms with E-state index in [-0.39, 0.29) is 11.1 Å². The van der Waals surface area contributed by atoms with Gasteiger partial charge in [0.15, 0.2) is 0 Å². The molecule has 0 atom stereocenters. The Kier molecular flexibility index (Phi) is 4.06. The highest BCUT2D eigenvalue weighted by atomic mass is 19.4. The van der Waals surface area contributed by atoms with E-state index in [4.69, 9.17) is 0 Å². The number of hydrogen-bond donors (Lipinski definition) is 1. The quantitative estimate of drug-likeness (QED) is 0.568. The molecule has 0 unspecified atom stereocenters. The van der Waals surface area contributed by atoms with Crippen molar-refractivity contribution in [3.63, 3.8) is 0 Å². The van der Waals surface area contributed by atoms with Gasteiger partial charge in [0.05, 0.1) is 16.8 Å². The van der Waals surface area contributed by atoms with Gasteiger partial charge in [0, 0.05) is 11.1 Å². The second kappa shape index (κ2) is 5.94. The molecule has 0 aliphatic heterocycles. The standard InChI is InChI=1S/C17H10F6N2/c18-16(19,20)12-8-4-7-11-13(24-10-5-2-1-3-6-10)9-14(17(21,22)23)25-15(11)12/h1-9H,(H,24,25). The summed E-state index contributed by atoms with van der Waals surface area (Å²) in [6.07, 6.45) is -9.69. The van der Waals surface area contributed by atoms with Crippen molar-refractivity contribution in [2.24, 2.45) is 0 Å². The molecular formula is C17H10F6N2. The molecule has 0 aliphatic carbocycles. The summed E-state index contributed by atoms with van der Waals surface area (Å²) in [7, 11) is 0. The van der Waals surface area contributed by atoms with E-state index in [0.717, 1.165) is 6.07 Å². The van der Waals surface area contributed by atoms with E-state index >= 15 is 0 Å². The highest BCUT2D eigenvalue weighted by Gasteiger charge is 2.37. The van der Waals surface area contributed by atoms with Crippen LogP contribution in [0.1, 0.15) is 11.3 Å². The number of halogens is 6. The zero-order valence-electron chi connectivity index (χ0n) is 12.4. The number of pyridine rings is 1. The van der Waals surface area contributed by atoms with Gasteiger partial charge < -0.3 is 5.32 Å². The Morgan fingerprint density at radius 3 is 2.04 bits per heavy atom. The first-order valence-electron chi connectivity index (χ1n) is 7.06. The number of anilines is 2. The van der Waals surface area contributed by atoms with Crippen LogP contribution in [0.15, 0.2) is 54.6 Å². The van der Waals surface area contributed by atoms with Crippen molar-refractivity contribution in [2.45, 2.75) is 12.4 Å². The number of hydrogen-bond acceptors (Lipinski definition) is 2. The summed E-state index contributed by atoms with van der Waals surface area (Å²) in [4.78, 5) is 3.23. The topological polar surface area (TPSA) is 24.9 Å². The summed E-state index contributed by atoms with van der Waals surface area (Å²) in [6, 6.07) is 12.0. The van der Waals surface area contributed by atoms with Gasteiger partial charge in [0.2, 0.25) is 0 Å². The fourth-order valence-electron chi connectivity index (χ4n) is 2.40. The van der Waals surface area contributed by atoms with Crippen LogP contribution >= 0.6 is 0 Å². The van der Waals surface area contributed by atoms with Crippen LogP contribution in [-0.4, -0.2) is 4.98 Å². The van der Waals surface area contributed by atoms with Crippen molar-refractivity contribution in [1.29, 1.82) is 0 Å². The van der Waals surface area contributed by atoms with Gasteiger partial charge in [0.1, 0.15) is 5.69 Å². The number of para-hydroxylation sites is 2. The van der Waals surface area contributed by atoms with Gasteiger partial charge in [-0.1, -0.05) is 30.3 Å². The van der Waals surface area contributed by atoms with E-state index in [9.17, 15) is 26.3 Å². The lowest BCUT2D eigenvalue weighted by molar-refractivity contribution is -0.142. The Hall–Kier alpha value is -2.77. The summed E-state index contributed by atoms with van der Waals surface area (Å²) >= 11 is 0. The van der Waals surface area contributed by atoms with E-state index < -0.39 is 29.1 Å². The first-order valence-corrected chi connectivity index (χ1v) is 7.06. The second-order valence-electron chi connectivity index (χ2n) is 5.24. The van der Waals surface area contributed by atoms with Gasteiger partial charge in [-0.15, -0.1) is 0 Å². The molecule has 3 rings (SSSR count). The SMILES string of the molecule is FC(F)(F)c1cc(Nc2ccccc2)c2cccc(C(F)(F)F)c2n1. The van der Waals surface area contributed by atoms with E-state index in [1.807, 2.05) is 0 Å². The minimum atomic E-state index is -4.87. The van der Waals surface area contributed by atoms with Crippen LogP contribution in [0.3, 0.4) is 0 Å². The van der Waals surface area contributed by atoms with Crippen molar-refractivity contribution < 1.29 is 26.3 Å². The van der Waals surface area contributed by atoms with E-state index in [1.165, 1.54) is 6.07 Å². The van der Waals surface area contributed by atoms with Gasteiger partial charge in [-0.2, -0.15) is 26.3 Å². The molecule has 1 N–H and O–H groups in total. The highest BCUT2D eigenvalue weighted by Crippen LogP contribution is 2.39. The van der Waals surface area contributed by atoms with Crippen LogP contribution < -0.4 is 5.32 Å². The van der Waals surface area contributed by atoms with Crippen LogP contribution in [-0.2, 0) is 12.4 Å². The Labute approximate surface area is 138 Å². The molecule has 0 saturated heterocycles. The van der Waals surface area contributed by atoms with Crippen LogP contribution in [0, 0.1) is 0 Å². The summed E-state index contributed by atoms with van der Waals surface area (Å²) in [6.45, 7) is 0. The van der Waals surface area contributed by atoms with E-state index in [2.05, 4.69) is 10.3 Å². The maximum Gasteiger partial charge on any atom is 0.433 e. The number of benzene rings is 2. The lowest BCUT2D eigenvalue weighted by atomic mass is 10.1. The Balaban J connectivity index is 2.27. The molecule has 8 heteroatoms. The molecule has 0 aliphatic rings. The lowest BCUT2D eigenvalue weighted by Crippen LogP contribution is -2.12. The van der Waals surface area contributed by atoms with E-state index in [0.29, 0.717) is 17.8 Å². The van der Waals surface area contributed by atoms with Gasteiger partial charge in [-0.3, -0.25) is 0 Å². The minimum Gasteiger partial charge on any atom is -0.355 e. The molecule has 0 saturated carbocycles. The lowest BCUT2D eigenvalue weighted by Gasteiger charge is -2.16. The first-order chi connectivity index (χ1) is 11.7. The zero-order chi connectivity index (χ0) is 18.2. The molecular weight excluding hydrogens is 346 g/mol. The number of nitrogens with one attached hydrogen (secondary N) is 1. The normalized spacial score (nSPS) is 12.4. The number of nitrogens with zero attached hydrogens (tertiary/aromatic N) is 1.